The van der Waals surface area contributed by atoms with Crippen LogP contribution in [0.25, 0.3) is 6.08 Å². The summed E-state index contributed by atoms with van der Waals surface area (Å²) in [6.07, 6.45) is 1.84. The van der Waals surface area contributed by atoms with Gasteiger partial charge in [-0.2, -0.15) is 0 Å². The number of non-ortho nitro benzene ring substituents is 1. The minimum atomic E-state index is -0.434. The minimum absolute atomic E-state index is 0.0311. The largest absolute Gasteiger partial charge is 0.490 e. The van der Waals surface area contributed by atoms with Crippen molar-refractivity contribution in [2.75, 3.05) is 6.61 Å². The molecule has 0 atom stereocenters. The molecule has 0 radical (unpaired) electrons. The third-order valence-electron chi connectivity index (χ3n) is 5.72. The first-order valence-electron chi connectivity index (χ1n) is 12.3. The second-order valence-corrected chi connectivity index (χ2v) is 9.97. The molecule has 0 unspecified atom stereocenters. The summed E-state index contributed by atoms with van der Waals surface area (Å²) in [5.41, 5.74) is 3.57. The molecule has 1 aliphatic heterocycles. The molecular weight excluding hydrogens is 502 g/mol. The highest BCUT2D eigenvalue weighted by Gasteiger charge is 2.35. The Hall–Kier alpha value is -4.11. The quantitative estimate of drug-likeness (QED) is 0.169. The highest BCUT2D eigenvalue weighted by Crippen LogP contribution is 2.37. The van der Waals surface area contributed by atoms with Crippen LogP contribution in [0, 0.1) is 17.0 Å². The van der Waals surface area contributed by atoms with E-state index in [1.807, 2.05) is 70.2 Å². The number of carbonyl (C=O) groups is 1. The Morgan fingerprint density at radius 3 is 2.37 bits per heavy atom. The van der Waals surface area contributed by atoms with Gasteiger partial charge < -0.3 is 9.47 Å². The van der Waals surface area contributed by atoms with Crippen LogP contribution in [0.1, 0.15) is 37.5 Å². The molecule has 4 rings (SSSR count). The lowest BCUT2D eigenvalue weighted by Crippen LogP contribution is -2.35. The smallest absolute Gasteiger partial charge is 0.269 e. The zero-order valence-electron chi connectivity index (χ0n) is 21.7. The standard InChI is InChI=1S/C29H29N3O5S/c1-5-36-26-16-22(10-15-25(26)37-18-21-8-13-24(14-9-21)32(34)35)17-27-28(33)31(19(2)3)29(38-27)30-23-11-6-20(4)7-12-23/h6-17,19H,5,18H2,1-4H3/b27-17+,30-29?. The van der Waals surface area contributed by atoms with Crippen LogP contribution in [0.5, 0.6) is 11.5 Å². The van der Waals surface area contributed by atoms with E-state index in [9.17, 15) is 14.9 Å². The summed E-state index contributed by atoms with van der Waals surface area (Å²) >= 11 is 1.35. The molecule has 3 aromatic rings. The van der Waals surface area contributed by atoms with Gasteiger partial charge in [0, 0.05) is 18.2 Å². The second-order valence-electron chi connectivity index (χ2n) is 8.96. The summed E-state index contributed by atoms with van der Waals surface area (Å²) in [6, 6.07) is 19.6. The zero-order chi connectivity index (χ0) is 27.2. The molecular formula is C29H29N3O5S. The monoisotopic (exact) mass is 531 g/mol. The SMILES string of the molecule is CCOc1cc(/C=C2/SC(=Nc3ccc(C)cc3)N(C(C)C)C2=O)ccc1OCc1ccc([N+](=O)[O-])cc1. The fourth-order valence-electron chi connectivity index (χ4n) is 3.78. The van der Waals surface area contributed by atoms with Gasteiger partial charge in [0.05, 0.1) is 22.1 Å². The molecule has 0 spiro atoms. The van der Waals surface area contributed by atoms with E-state index in [1.54, 1.807) is 23.1 Å². The number of nitro groups is 1. The van der Waals surface area contributed by atoms with Gasteiger partial charge in [-0.25, -0.2) is 4.99 Å². The maximum absolute atomic E-state index is 13.3. The van der Waals surface area contributed by atoms with E-state index in [2.05, 4.69) is 0 Å². The predicted octanol–water partition coefficient (Wildman–Crippen LogP) is 6.89. The molecule has 0 saturated carbocycles. The van der Waals surface area contributed by atoms with Crippen molar-refractivity contribution in [3.8, 4) is 11.5 Å². The number of hydrogen-bond donors (Lipinski definition) is 0. The first-order valence-corrected chi connectivity index (χ1v) is 13.1. The first kappa shape index (κ1) is 26.9. The molecule has 0 N–H and O–H groups in total. The van der Waals surface area contributed by atoms with Crippen LogP contribution in [-0.2, 0) is 11.4 Å². The third kappa shape index (κ3) is 6.41. The zero-order valence-corrected chi connectivity index (χ0v) is 22.5. The summed E-state index contributed by atoms with van der Waals surface area (Å²) in [5, 5.41) is 11.5. The van der Waals surface area contributed by atoms with Crippen molar-refractivity contribution < 1.29 is 19.2 Å². The van der Waals surface area contributed by atoms with Gasteiger partial charge in [-0.1, -0.05) is 23.8 Å². The second kappa shape index (κ2) is 12.0. The van der Waals surface area contributed by atoms with E-state index in [0.717, 1.165) is 22.4 Å². The molecule has 1 amide bonds. The highest BCUT2D eigenvalue weighted by molar-refractivity contribution is 8.18. The number of carbonyl (C=O) groups excluding carboxylic acids is 1. The summed E-state index contributed by atoms with van der Waals surface area (Å²) in [5.74, 6) is 1.00. The average molecular weight is 532 g/mol. The molecule has 38 heavy (non-hydrogen) atoms. The van der Waals surface area contributed by atoms with E-state index in [-0.39, 0.29) is 24.2 Å². The summed E-state index contributed by atoms with van der Waals surface area (Å²) in [4.78, 5) is 30.7. The molecule has 1 heterocycles. The minimum Gasteiger partial charge on any atom is -0.490 e. The highest BCUT2D eigenvalue weighted by atomic mass is 32.2. The lowest BCUT2D eigenvalue weighted by molar-refractivity contribution is -0.384. The predicted molar refractivity (Wildman–Crippen MR) is 151 cm³/mol. The molecule has 3 aromatic carbocycles. The maximum atomic E-state index is 13.3. The number of nitrogens with zero attached hydrogens (tertiary/aromatic N) is 3. The molecule has 9 heteroatoms. The van der Waals surface area contributed by atoms with Crippen molar-refractivity contribution in [1.82, 2.24) is 4.90 Å². The van der Waals surface area contributed by atoms with Gasteiger partial charge in [-0.3, -0.25) is 19.8 Å². The Morgan fingerprint density at radius 1 is 1.03 bits per heavy atom. The van der Waals surface area contributed by atoms with Gasteiger partial charge in [0.25, 0.3) is 11.6 Å². The van der Waals surface area contributed by atoms with Crippen molar-refractivity contribution in [2.45, 2.75) is 40.3 Å². The van der Waals surface area contributed by atoms with Gasteiger partial charge in [-0.15, -0.1) is 0 Å². The Labute approximate surface area is 226 Å². The number of amides is 1. The number of amidine groups is 1. The molecule has 196 valence electrons. The summed E-state index contributed by atoms with van der Waals surface area (Å²) in [6.45, 7) is 8.52. The van der Waals surface area contributed by atoms with Gasteiger partial charge in [0.15, 0.2) is 16.7 Å². The van der Waals surface area contributed by atoms with Gasteiger partial charge in [0.1, 0.15) is 6.61 Å². The molecule has 0 bridgehead atoms. The van der Waals surface area contributed by atoms with Gasteiger partial charge in [0.2, 0.25) is 0 Å². The molecule has 8 nitrogen and oxygen atoms in total. The fourth-order valence-corrected chi connectivity index (χ4v) is 4.90. The number of rotatable bonds is 9. The molecule has 1 aliphatic rings. The van der Waals surface area contributed by atoms with Gasteiger partial charge in [-0.05, 0) is 93.1 Å². The number of thioether (sulfide) groups is 1. The molecule has 0 aliphatic carbocycles. The van der Waals surface area contributed by atoms with E-state index >= 15 is 0 Å². The van der Waals surface area contributed by atoms with E-state index < -0.39 is 4.92 Å². The van der Waals surface area contributed by atoms with Crippen LogP contribution < -0.4 is 9.47 Å². The Bertz CT molecular complexity index is 1380. The van der Waals surface area contributed by atoms with Crippen molar-refractivity contribution in [3.05, 3.63) is 98.4 Å². The fraction of sp³-hybridized carbons (Fsp3) is 0.241. The Kier molecular flexibility index (Phi) is 8.48. The number of hydrogen-bond acceptors (Lipinski definition) is 7. The van der Waals surface area contributed by atoms with E-state index in [0.29, 0.717) is 28.2 Å². The number of aliphatic imine (C=N–C) groups is 1. The summed E-state index contributed by atoms with van der Waals surface area (Å²) < 4.78 is 11.8. The van der Waals surface area contributed by atoms with Crippen molar-refractivity contribution >= 4 is 40.3 Å². The number of benzene rings is 3. The first-order chi connectivity index (χ1) is 18.2. The van der Waals surface area contributed by atoms with Crippen LogP contribution in [-0.4, -0.2) is 33.5 Å². The number of nitro benzene ring substituents is 1. The third-order valence-corrected chi connectivity index (χ3v) is 6.70. The van der Waals surface area contributed by atoms with Crippen LogP contribution in [0.4, 0.5) is 11.4 Å². The van der Waals surface area contributed by atoms with Crippen molar-refractivity contribution in [2.24, 2.45) is 4.99 Å². The molecule has 0 aromatic heterocycles. The lowest BCUT2D eigenvalue weighted by atomic mass is 10.1. The maximum Gasteiger partial charge on any atom is 0.269 e. The Balaban J connectivity index is 1.55. The Morgan fingerprint density at radius 2 is 1.74 bits per heavy atom. The number of aryl methyl sites for hydroxylation is 1. The molecule has 1 saturated heterocycles. The van der Waals surface area contributed by atoms with Crippen LogP contribution in [0.15, 0.2) is 76.6 Å². The molecule has 1 fully saturated rings. The lowest BCUT2D eigenvalue weighted by Gasteiger charge is -2.19. The summed E-state index contributed by atoms with van der Waals surface area (Å²) in [7, 11) is 0. The number of ether oxygens (including phenoxy) is 2. The van der Waals surface area contributed by atoms with Crippen LogP contribution >= 0.6 is 11.8 Å². The normalized spacial score (nSPS) is 15.5. The average Bonchev–Trinajstić information content (AvgIpc) is 3.19. The van der Waals surface area contributed by atoms with Crippen LogP contribution in [0.3, 0.4) is 0 Å². The topological polar surface area (TPSA) is 94.3 Å². The van der Waals surface area contributed by atoms with Crippen molar-refractivity contribution in [1.29, 1.82) is 0 Å². The van der Waals surface area contributed by atoms with E-state index in [4.69, 9.17) is 14.5 Å². The van der Waals surface area contributed by atoms with E-state index in [1.165, 1.54) is 23.9 Å². The van der Waals surface area contributed by atoms with Crippen LogP contribution in [0.2, 0.25) is 0 Å². The van der Waals surface area contributed by atoms with Gasteiger partial charge >= 0.3 is 0 Å². The van der Waals surface area contributed by atoms with Crippen molar-refractivity contribution in [3.63, 3.8) is 0 Å².